The molecule has 7 nitrogen and oxygen atoms in total. The molecule has 1 fully saturated rings. The average molecular weight is 439 g/mol. The first-order valence-corrected chi connectivity index (χ1v) is 11.4. The fourth-order valence-corrected chi connectivity index (χ4v) is 4.52. The molecule has 2 amide bonds. The van der Waals surface area contributed by atoms with Crippen LogP contribution in [0.25, 0.3) is 6.08 Å². The lowest BCUT2D eigenvalue weighted by molar-refractivity contribution is -0.133. The van der Waals surface area contributed by atoms with E-state index >= 15 is 0 Å². The molecule has 3 aromatic rings. The van der Waals surface area contributed by atoms with Crippen LogP contribution in [0.4, 0.5) is 0 Å². The topological polar surface area (TPSA) is 80.4 Å². The minimum atomic E-state index is -0.313. The molecule has 0 aromatic carbocycles. The number of piperidine rings is 1. The van der Waals surface area contributed by atoms with Crippen molar-refractivity contribution in [2.24, 2.45) is 0 Å². The number of aryl methyl sites for hydroxylation is 2. The molecule has 0 aliphatic carbocycles. The van der Waals surface area contributed by atoms with E-state index in [4.69, 9.17) is 4.42 Å². The Hall–Kier alpha value is -3.13. The number of aromatic nitrogens is 2. The molecule has 1 aliphatic heterocycles. The number of hydrogen-bond acceptors (Lipinski definition) is 5. The molecular weight excluding hydrogens is 412 g/mol. The maximum absolute atomic E-state index is 12.5. The Morgan fingerprint density at radius 1 is 1.29 bits per heavy atom. The summed E-state index contributed by atoms with van der Waals surface area (Å²) in [4.78, 5) is 30.8. The molecule has 0 saturated carbocycles. The average Bonchev–Trinajstić information content (AvgIpc) is 3.57. The van der Waals surface area contributed by atoms with E-state index in [1.54, 1.807) is 35.8 Å². The minimum Gasteiger partial charge on any atom is -0.465 e. The van der Waals surface area contributed by atoms with Crippen LogP contribution in [0.3, 0.4) is 0 Å². The number of rotatable bonds is 8. The van der Waals surface area contributed by atoms with Gasteiger partial charge in [-0.1, -0.05) is 0 Å². The molecule has 31 heavy (non-hydrogen) atoms. The van der Waals surface area contributed by atoms with Crippen molar-refractivity contribution in [2.75, 3.05) is 19.6 Å². The van der Waals surface area contributed by atoms with Gasteiger partial charge in [-0.05, 0) is 59.9 Å². The molecule has 0 unspecified atom stereocenters. The Bertz CT molecular complexity index is 1000. The summed E-state index contributed by atoms with van der Waals surface area (Å²) in [5.41, 5.74) is 1.35. The molecule has 0 radical (unpaired) electrons. The monoisotopic (exact) mass is 438 g/mol. The molecule has 8 heteroatoms. The molecule has 0 spiro atoms. The van der Waals surface area contributed by atoms with Crippen LogP contribution < -0.4 is 5.32 Å². The van der Waals surface area contributed by atoms with Crippen LogP contribution in [0.1, 0.15) is 35.9 Å². The lowest BCUT2D eigenvalue weighted by atomic mass is 9.95. The summed E-state index contributed by atoms with van der Waals surface area (Å²) >= 11 is 1.72. The lowest BCUT2D eigenvalue weighted by Crippen LogP contribution is -2.43. The van der Waals surface area contributed by atoms with Gasteiger partial charge in [0, 0.05) is 44.0 Å². The van der Waals surface area contributed by atoms with Crippen molar-refractivity contribution >= 4 is 29.2 Å². The maximum Gasteiger partial charge on any atom is 0.244 e. The third-order valence-corrected chi connectivity index (χ3v) is 6.27. The highest BCUT2D eigenvalue weighted by molar-refractivity contribution is 7.07. The highest BCUT2D eigenvalue weighted by atomic mass is 32.1. The highest BCUT2D eigenvalue weighted by Crippen LogP contribution is 2.27. The minimum absolute atomic E-state index is 0.00125. The first-order valence-electron chi connectivity index (χ1n) is 10.5. The summed E-state index contributed by atoms with van der Waals surface area (Å²) in [6.07, 6.45) is 11.2. The van der Waals surface area contributed by atoms with Gasteiger partial charge in [-0.2, -0.15) is 11.3 Å². The fraction of sp³-hybridized carbons (Fsp3) is 0.348. The molecule has 4 rings (SSSR count). The molecule has 0 bridgehead atoms. The summed E-state index contributed by atoms with van der Waals surface area (Å²) in [5.74, 6) is 1.69. The Kier molecular flexibility index (Phi) is 6.99. The number of furan rings is 1. The first kappa shape index (κ1) is 21.1. The number of carbonyl (C=O) groups excluding carboxylic acids is 2. The van der Waals surface area contributed by atoms with Gasteiger partial charge in [0.1, 0.15) is 11.6 Å². The smallest absolute Gasteiger partial charge is 0.244 e. The third kappa shape index (κ3) is 5.73. The lowest BCUT2D eigenvalue weighted by Gasteiger charge is -2.32. The third-order valence-electron chi connectivity index (χ3n) is 5.54. The molecule has 1 aliphatic rings. The van der Waals surface area contributed by atoms with Gasteiger partial charge in [-0.3, -0.25) is 9.59 Å². The number of nitrogens with zero attached hydrogens (tertiary/aromatic N) is 3. The standard InChI is InChI=1S/C23H26N4O3S/c28-21(4-3-20-2-1-14-30-20)25-16-22(29)26-11-6-19(7-12-26)23-24-9-13-27(23)10-5-18-8-15-31-17-18/h1-4,8-9,13-15,17,19H,5-7,10-12,16H2,(H,25,28)/b4-3-. The number of amides is 2. The van der Waals surface area contributed by atoms with E-state index in [2.05, 4.69) is 31.7 Å². The van der Waals surface area contributed by atoms with E-state index in [0.29, 0.717) is 24.8 Å². The number of nitrogens with one attached hydrogen (secondary N) is 1. The van der Waals surface area contributed by atoms with Crippen molar-refractivity contribution in [3.8, 4) is 0 Å². The maximum atomic E-state index is 12.5. The largest absolute Gasteiger partial charge is 0.465 e. The molecule has 0 atom stereocenters. The Morgan fingerprint density at radius 3 is 2.90 bits per heavy atom. The van der Waals surface area contributed by atoms with Crippen LogP contribution in [0.2, 0.25) is 0 Å². The summed E-state index contributed by atoms with van der Waals surface area (Å²) in [6.45, 7) is 2.28. The SMILES string of the molecule is O=C(/C=C\c1ccco1)NCC(=O)N1CCC(c2nccn2CCc2ccsc2)CC1. The summed E-state index contributed by atoms with van der Waals surface area (Å²) < 4.78 is 7.38. The van der Waals surface area contributed by atoms with Crippen LogP contribution in [-0.2, 0) is 22.6 Å². The van der Waals surface area contributed by atoms with E-state index in [1.165, 1.54) is 11.6 Å². The number of thiophene rings is 1. The fourth-order valence-electron chi connectivity index (χ4n) is 3.82. The van der Waals surface area contributed by atoms with Crippen molar-refractivity contribution in [3.05, 3.63) is 70.8 Å². The predicted molar refractivity (Wildman–Crippen MR) is 120 cm³/mol. The number of carbonyl (C=O) groups is 2. The van der Waals surface area contributed by atoms with Crippen LogP contribution in [0.15, 0.2) is 58.1 Å². The first-order chi connectivity index (χ1) is 15.2. The summed E-state index contributed by atoms with van der Waals surface area (Å²) in [6, 6.07) is 5.67. The number of likely N-dealkylation sites (tertiary alicyclic amines) is 1. The van der Waals surface area contributed by atoms with Gasteiger partial charge in [-0.15, -0.1) is 0 Å². The second kappa shape index (κ2) is 10.3. The van der Waals surface area contributed by atoms with E-state index in [0.717, 1.165) is 31.6 Å². The van der Waals surface area contributed by atoms with Crippen LogP contribution in [0, 0.1) is 0 Å². The van der Waals surface area contributed by atoms with Gasteiger partial charge >= 0.3 is 0 Å². The van der Waals surface area contributed by atoms with Crippen molar-refractivity contribution in [2.45, 2.75) is 31.7 Å². The van der Waals surface area contributed by atoms with Gasteiger partial charge in [0.15, 0.2) is 0 Å². The zero-order valence-corrected chi connectivity index (χ0v) is 18.1. The zero-order chi connectivity index (χ0) is 21.5. The van der Waals surface area contributed by atoms with Crippen molar-refractivity contribution in [1.82, 2.24) is 19.8 Å². The predicted octanol–water partition coefficient (Wildman–Crippen LogP) is 3.32. The number of imidazole rings is 1. The summed E-state index contributed by atoms with van der Waals surface area (Å²) in [5, 5.41) is 6.94. The van der Waals surface area contributed by atoms with Crippen molar-refractivity contribution in [3.63, 3.8) is 0 Å². The van der Waals surface area contributed by atoms with E-state index in [1.807, 2.05) is 17.3 Å². The van der Waals surface area contributed by atoms with Crippen LogP contribution >= 0.6 is 11.3 Å². The summed E-state index contributed by atoms with van der Waals surface area (Å²) in [7, 11) is 0. The second-order valence-corrected chi connectivity index (χ2v) is 8.36. The molecule has 162 valence electrons. The molecular formula is C23H26N4O3S. The molecule has 4 heterocycles. The van der Waals surface area contributed by atoms with Gasteiger partial charge in [-0.25, -0.2) is 4.98 Å². The van der Waals surface area contributed by atoms with Gasteiger partial charge in [0.2, 0.25) is 11.8 Å². The highest BCUT2D eigenvalue weighted by Gasteiger charge is 2.26. The quantitative estimate of drug-likeness (QED) is 0.547. The Morgan fingerprint density at radius 2 is 2.16 bits per heavy atom. The van der Waals surface area contributed by atoms with Crippen molar-refractivity contribution in [1.29, 1.82) is 0 Å². The van der Waals surface area contributed by atoms with Crippen LogP contribution in [0.5, 0.6) is 0 Å². The van der Waals surface area contributed by atoms with Gasteiger partial charge in [0.25, 0.3) is 0 Å². The van der Waals surface area contributed by atoms with Gasteiger partial charge < -0.3 is 19.2 Å². The van der Waals surface area contributed by atoms with Crippen molar-refractivity contribution < 1.29 is 14.0 Å². The normalized spacial score (nSPS) is 14.9. The van der Waals surface area contributed by atoms with Gasteiger partial charge in [0.05, 0.1) is 12.8 Å². The molecule has 1 saturated heterocycles. The van der Waals surface area contributed by atoms with E-state index in [-0.39, 0.29) is 18.4 Å². The molecule has 1 N–H and O–H groups in total. The second-order valence-electron chi connectivity index (χ2n) is 7.58. The Balaban J connectivity index is 1.22. The van der Waals surface area contributed by atoms with E-state index < -0.39 is 0 Å². The molecule has 3 aromatic heterocycles. The van der Waals surface area contributed by atoms with E-state index in [9.17, 15) is 9.59 Å². The van der Waals surface area contributed by atoms with Crippen LogP contribution in [-0.4, -0.2) is 45.9 Å². The number of hydrogen-bond donors (Lipinski definition) is 1. The zero-order valence-electron chi connectivity index (χ0n) is 17.3. The Labute approximate surface area is 185 Å².